The Bertz CT molecular complexity index is 1050. The highest BCUT2D eigenvalue weighted by atomic mass is 19.1. The molecule has 0 saturated heterocycles. The van der Waals surface area contributed by atoms with E-state index in [-0.39, 0.29) is 17.2 Å². The van der Waals surface area contributed by atoms with E-state index in [2.05, 4.69) is 30.8 Å². The number of carbonyl (C=O) groups is 1. The second kappa shape index (κ2) is 7.46. The highest BCUT2D eigenvalue weighted by molar-refractivity contribution is 5.98. The number of halogens is 2. The largest absolute Gasteiger partial charge is 0.365 e. The Morgan fingerprint density at radius 3 is 2.72 bits per heavy atom. The first kappa shape index (κ1) is 18.8. The Hall–Kier alpha value is -3.56. The van der Waals surface area contributed by atoms with E-state index in [9.17, 15) is 13.6 Å². The number of nitrogens with one attached hydrogen (secondary N) is 3. The van der Waals surface area contributed by atoms with Crippen LogP contribution >= 0.6 is 0 Å². The van der Waals surface area contributed by atoms with Crippen LogP contribution in [-0.4, -0.2) is 26.1 Å². The summed E-state index contributed by atoms with van der Waals surface area (Å²) in [7, 11) is 0. The lowest BCUT2D eigenvalue weighted by Gasteiger charge is -2.17. The molecule has 0 bridgehead atoms. The molecule has 1 aliphatic rings. The SMILES string of the molecule is CC(Nc1nc(Nc2cc(C3CC3)[nH]n2)c(F)cc1C(N)=O)c1ccc(F)cn1. The molecule has 150 valence electrons. The number of nitrogens with zero attached hydrogens (tertiary/aromatic N) is 3. The summed E-state index contributed by atoms with van der Waals surface area (Å²) in [4.78, 5) is 19.9. The van der Waals surface area contributed by atoms with Gasteiger partial charge in [-0.05, 0) is 38.0 Å². The summed E-state index contributed by atoms with van der Waals surface area (Å²) >= 11 is 0. The number of hydrogen-bond acceptors (Lipinski definition) is 6. The third-order valence-electron chi connectivity index (χ3n) is 4.65. The Morgan fingerprint density at radius 2 is 2.07 bits per heavy atom. The zero-order chi connectivity index (χ0) is 20.5. The molecule has 29 heavy (non-hydrogen) atoms. The number of primary amides is 1. The normalized spacial score (nSPS) is 14.4. The summed E-state index contributed by atoms with van der Waals surface area (Å²) in [6.07, 6.45) is 3.29. The lowest BCUT2D eigenvalue weighted by Crippen LogP contribution is -2.19. The van der Waals surface area contributed by atoms with Gasteiger partial charge in [-0.1, -0.05) is 0 Å². The molecule has 0 spiro atoms. The Labute approximate surface area is 164 Å². The van der Waals surface area contributed by atoms with Gasteiger partial charge in [-0.3, -0.25) is 14.9 Å². The van der Waals surface area contributed by atoms with E-state index in [0.717, 1.165) is 30.8 Å². The van der Waals surface area contributed by atoms with Gasteiger partial charge in [0.25, 0.3) is 5.91 Å². The lowest BCUT2D eigenvalue weighted by molar-refractivity contribution is 0.100. The van der Waals surface area contributed by atoms with Crippen LogP contribution in [0.4, 0.5) is 26.2 Å². The van der Waals surface area contributed by atoms with E-state index >= 15 is 0 Å². The maximum Gasteiger partial charge on any atom is 0.252 e. The third kappa shape index (κ3) is 4.15. The molecule has 0 aliphatic heterocycles. The van der Waals surface area contributed by atoms with Gasteiger partial charge in [0.1, 0.15) is 11.6 Å². The Kier molecular flexibility index (Phi) is 4.83. The number of hydrogen-bond donors (Lipinski definition) is 4. The number of amides is 1. The van der Waals surface area contributed by atoms with Crippen molar-refractivity contribution in [1.82, 2.24) is 20.2 Å². The summed E-state index contributed by atoms with van der Waals surface area (Å²) in [6, 6.07) is 5.16. The topological polar surface area (TPSA) is 122 Å². The zero-order valence-corrected chi connectivity index (χ0v) is 15.5. The van der Waals surface area contributed by atoms with Gasteiger partial charge < -0.3 is 16.4 Å². The van der Waals surface area contributed by atoms with Crippen LogP contribution in [0.3, 0.4) is 0 Å². The molecular formula is C19H19F2N7O. The van der Waals surface area contributed by atoms with Gasteiger partial charge in [-0.25, -0.2) is 13.8 Å². The molecular weight excluding hydrogens is 380 g/mol. The molecule has 5 N–H and O–H groups in total. The maximum absolute atomic E-state index is 14.5. The smallest absolute Gasteiger partial charge is 0.252 e. The van der Waals surface area contributed by atoms with Crippen molar-refractivity contribution in [2.24, 2.45) is 5.73 Å². The maximum atomic E-state index is 14.5. The molecule has 1 fully saturated rings. The first-order valence-corrected chi connectivity index (χ1v) is 9.11. The molecule has 1 atom stereocenters. The second-order valence-electron chi connectivity index (χ2n) is 6.95. The first-order chi connectivity index (χ1) is 13.9. The second-order valence-corrected chi connectivity index (χ2v) is 6.95. The average Bonchev–Trinajstić information content (AvgIpc) is 3.43. The minimum absolute atomic E-state index is 0.0815. The minimum atomic E-state index is -0.833. The van der Waals surface area contributed by atoms with Crippen molar-refractivity contribution >= 4 is 23.4 Å². The fourth-order valence-corrected chi connectivity index (χ4v) is 2.92. The van der Waals surface area contributed by atoms with Crippen LogP contribution in [0, 0.1) is 11.6 Å². The first-order valence-electron chi connectivity index (χ1n) is 9.11. The highest BCUT2D eigenvalue weighted by Crippen LogP contribution is 2.39. The number of nitrogens with two attached hydrogens (primary N) is 1. The standard InChI is InChI=1S/C19H19F2N7O/c1-9(14-5-4-11(20)8-23-14)24-18-12(17(22)29)6-13(21)19(26-18)25-16-7-15(27-28-16)10-2-3-10/h4-10H,2-3H2,1H3,(H2,22,29)(H3,24,25,26,27,28). The fourth-order valence-electron chi connectivity index (χ4n) is 2.92. The number of aromatic nitrogens is 4. The molecule has 8 nitrogen and oxygen atoms in total. The van der Waals surface area contributed by atoms with E-state index in [4.69, 9.17) is 5.73 Å². The molecule has 3 aromatic heterocycles. The van der Waals surface area contributed by atoms with Crippen molar-refractivity contribution in [1.29, 1.82) is 0 Å². The predicted molar refractivity (Wildman–Crippen MR) is 103 cm³/mol. The van der Waals surface area contributed by atoms with Crippen LogP contribution in [0.2, 0.25) is 0 Å². The summed E-state index contributed by atoms with van der Waals surface area (Å²) < 4.78 is 27.6. The summed E-state index contributed by atoms with van der Waals surface area (Å²) in [5.74, 6) is -1.18. The Morgan fingerprint density at radius 1 is 1.28 bits per heavy atom. The van der Waals surface area contributed by atoms with Gasteiger partial charge in [0.05, 0.1) is 23.5 Å². The predicted octanol–water partition coefficient (Wildman–Crippen LogP) is 3.37. The molecule has 10 heteroatoms. The molecule has 1 unspecified atom stereocenters. The number of aromatic amines is 1. The number of H-pyrrole nitrogens is 1. The quantitative estimate of drug-likeness (QED) is 0.483. The van der Waals surface area contributed by atoms with E-state index in [0.29, 0.717) is 17.4 Å². The molecule has 3 aromatic rings. The van der Waals surface area contributed by atoms with Crippen molar-refractivity contribution in [3.8, 4) is 0 Å². The van der Waals surface area contributed by atoms with E-state index in [1.54, 1.807) is 13.0 Å². The molecule has 1 saturated carbocycles. The highest BCUT2D eigenvalue weighted by Gasteiger charge is 2.26. The van der Waals surface area contributed by atoms with Crippen LogP contribution in [0.15, 0.2) is 30.5 Å². The van der Waals surface area contributed by atoms with E-state index in [1.807, 2.05) is 0 Å². The fraction of sp³-hybridized carbons (Fsp3) is 0.263. The number of carbonyl (C=O) groups excluding carboxylic acids is 1. The number of rotatable bonds is 7. The zero-order valence-electron chi connectivity index (χ0n) is 15.5. The summed E-state index contributed by atoms with van der Waals surface area (Å²) in [6.45, 7) is 1.75. The van der Waals surface area contributed by atoms with Crippen molar-refractivity contribution in [2.45, 2.75) is 31.7 Å². The van der Waals surface area contributed by atoms with Crippen LogP contribution in [-0.2, 0) is 0 Å². The molecule has 4 rings (SSSR count). The lowest BCUT2D eigenvalue weighted by atomic mass is 10.1. The van der Waals surface area contributed by atoms with E-state index < -0.39 is 23.6 Å². The molecule has 0 radical (unpaired) electrons. The van der Waals surface area contributed by atoms with Gasteiger partial charge >= 0.3 is 0 Å². The van der Waals surface area contributed by atoms with Gasteiger partial charge in [0.15, 0.2) is 17.5 Å². The molecule has 3 heterocycles. The monoisotopic (exact) mass is 399 g/mol. The minimum Gasteiger partial charge on any atom is -0.365 e. The number of anilines is 3. The Balaban J connectivity index is 1.61. The van der Waals surface area contributed by atoms with Crippen LogP contribution in [0.25, 0.3) is 0 Å². The number of pyridine rings is 2. The molecule has 1 amide bonds. The van der Waals surface area contributed by atoms with Crippen molar-refractivity contribution in [2.75, 3.05) is 10.6 Å². The molecule has 0 aromatic carbocycles. The molecule has 1 aliphatic carbocycles. The summed E-state index contributed by atoms with van der Waals surface area (Å²) in [5.41, 5.74) is 6.77. The van der Waals surface area contributed by atoms with Gasteiger partial charge in [-0.2, -0.15) is 5.10 Å². The van der Waals surface area contributed by atoms with Crippen LogP contribution < -0.4 is 16.4 Å². The van der Waals surface area contributed by atoms with Crippen LogP contribution in [0.1, 0.15) is 53.5 Å². The average molecular weight is 399 g/mol. The van der Waals surface area contributed by atoms with Gasteiger partial charge in [0, 0.05) is 17.7 Å². The summed E-state index contributed by atoms with van der Waals surface area (Å²) in [5, 5.41) is 12.8. The van der Waals surface area contributed by atoms with Gasteiger partial charge in [0.2, 0.25) is 0 Å². The van der Waals surface area contributed by atoms with Crippen LogP contribution in [0.5, 0.6) is 0 Å². The van der Waals surface area contributed by atoms with Crippen molar-refractivity contribution in [3.05, 3.63) is 59.0 Å². The van der Waals surface area contributed by atoms with E-state index in [1.165, 1.54) is 12.1 Å². The van der Waals surface area contributed by atoms with Crippen molar-refractivity contribution in [3.63, 3.8) is 0 Å². The van der Waals surface area contributed by atoms with Gasteiger partial charge in [-0.15, -0.1) is 0 Å². The third-order valence-corrected chi connectivity index (χ3v) is 4.65. The van der Waals surface area contributed by atoms with Crippen molar-refractivity contribution < 1.29 is 13.6 Å².